The summed E-state index contributed by atoms with van der Waals surface area (Å²) >= 11 is 0. The lowest BCUT2D eigenvalue weighted by Gasteiger charge is -1.98. The zero-order valence-electron chi connectivity index (χ0n) is 5.79. The summed E-state index contributed by atoms with van der Waals surface area (Å²) in [5, 5.41) is 2.87. The minimum atomic E-state index is -3.06. The quantitative estimate of drug-likeness (QED) is 0.559. The lowest BCUT2D eigenvalue weighted by atomic mass is 10.7. The Morgan fingerprint density at radius 1 is 1.70 bits per heavy atom. The van der Waals surface area contributed by atoms with Crippen molar-refractivity contribution in [2.75, 3.05) is 18.8 Å². The summed E-state index contributed by atoms with van der Waals surface area (Å²) < 4.78 is 22.0. The first-order chi connectivity index (χ1) is 4.67. The van der Waals surface area contributed by atoms with Crippen LogP contribution >= 0.6 is 0 Å². The van der Waals surface area contributed by atoms with Crippen LogP contribution in [0.1, 0.15) is 6.92 Å². The van der Waals surface area contributed by atoms with E-state index in [2.05, 4.69) is 10.3 Å². The molecule has 1 heterocycles. The monoisotopic (exact) mass is 162 g/mol. The standard InChI is InChI=1S/C5H10N2O2S/c1-2-10(8,9)5-6-3-4-7-5/h2-4H2,1H3,(H,6,7). The van der Waals surface area contributed by atoms with E-state index in [-0.39, 0.29) is 10.9 Å². The molecule has 0 fully saturated rings. The molecule has 5 heteroatoms. The molecule has 10 heavy (non-hydrogen) atoms. The van der Waals surface area contributed by atoms with Crippen LogP contribution in [-0.2, 0) is 9.84 Å². The van der Waals surface area contributed by atoms with E-state index in [1.165, 1.54) is 0 Å². The minimum absolute atomic E-state index is 0.124. The van der Waals surface area contributed by atoms with E-state index in [0.717, 1.165) is 0 Å². The molecule has 0 aromatic heterocycles. The smallest absolute Gasteiger partial charge is 0.216 e. The lowest BCUT2D eigenvalue weighted by molar-refractivity contribution is 0.607. The Kier molecular flexibility index (Phi) is 1.94. The third-order valence-corrected chi connectivity index (χ3v) is 2.94. The Morgan fingerprint density at radius 3 is 2.80 bits per heavy atom. The van der Waals surface area contributed by atoms with Crippen LogP contribution in [0.2, 0.25) is 0 Å². The molecule has 0 atom stereocenters. The van der Waals surface area contributed by atoms with Crippen molar-refractivity contribution in [2.24, 2.45) is 4.99 Å². The van der Waals surface area contributed by atoms with Gasteiger partial charge in [0.05, 0.1) is 12.3 Å². The molecule has 0 saturated heterocycles. The molecule has 0 amide bonds. The highest BCUT2D eigenvalue weighted by molar-refractivity contribution is 8.06. The van der Waals surface area contributed by atoms with Crippen molar-refractivity contribution in [2.45, 2.75) is 6.92 Å². The second kappa shape index (κ2) is 2.57. The molecular formula is C5H10N2O2S. The summed E-state index contributed by atoms with van der Waals surface area (Å²) in [5.74, 6) is 0.124. The summed E-state index contributed by atoms with van der Waals surface area (Å²) in [6, 6.07) is 0. The lowest BCUT2D eigenvalue weighted by Crippen LogP contribution is -2.28. The van der Waals surface area contributed by atoms with Crippen molar-refractivity contribution in [3.63, 3.8) is 0 Å². The predicted octanol–water partition coefficient (Wildman–Crippen LogP) is -0.620. The zero-order valence-corrected chi connectivity index (χ0v) is 6.61. The topological polar surface area (TPSA) is 58.5 Å². The van der Waals surface area contributed by atoms with Crippen molar-refractivity contribution >= 4 is 15.0 Å². The average molecular weight is 162 g/mol. The van der Waals surface area contributed by atoms with Crippen LogP contribution in [0, 0.1) is 0 Å². The van der Waals surface area contributed by atoms with Gasteiger partial charge in [0.2, 0.25) is 15.0 Å². The highest BCUT2D eigenvalue weighted by Crippen LogP contribution is 1.96. The third kappa shape index (κ3) is 1.29. The Morgan fingerprint density at radius 2 is 2.40 bits per heavy atom. The first kappa shape index (κ1) is 7.53. The number of nitrogens with zero attached hydrogens (tertiary/aromatic N) is 1. The molecule has 0 aromatic rings. The van der Waals surface area contributed by atoms with Crippen LogP contribution in [0.5, 0.6) is 0 Å². The number of aliphatic imine (C=N–C) groups is 1. The van der Waals surface area contributed by atoms with E-state index < -0.39 is 9.84 Å². The average Bonchev–Trinajstić information content (AvgIpc) is 2.38. The number of sulfone groups is 1. The van der Waals surface area contributed by atoms with Crippen LogP contribution in [0.15, 0.2) is 4.99 Å². The van der Waals surface area contributed by atoms with Crippen LogP contribution in [-0.4, -0.2) is 32.4 Å². The van der Waals surface area contributed by atoms with Crippen molar-refractivity contribution in [1.29, 1.82) is 0 Å². The molecule has 0 aromatic carbocycles. The number of nitrogens with one attached hydrogen (secondary N) is 1. The van der Waals surface area contributed by atoms with Gasteiger partial charge in [-0.25, -0.2) is 8.42 Å². The molecule has 58 valence electrons. The van der Waals surface area contributed by atoms with E-state index in [1.807, 2.05) is 0 Å². The van der Waals surface area contributed by atoms with Crippen molar-refractivity contribution in [3.8, 4) is 0 Å². The maximum atomic E-state index is 11.0. The summed E-state index contributed by atoms with van der Waals surface area (Å²) in [5.41, 5.74) is 0. The SMILES string of the molecule is CCS(=O)(=O)C1=NCCN1. The van der Waals surface area contributed by atoms with Gasteiger partial charge in [-0.2, -0.15) is 0 Å². The van der Waals surface area contributed by atoms with Crippen molar-refractivity contribution < 1.29 is 8.42 Å². The summed E-state index contributed by atoms with van der Waals surface area (Å²) in [7, 11) is -3.06. The molecular weight excluding hydrogens is 152 g/mol. The van der Waals surface area contributed by atoms with Crippen LogP contribution in [0.25, 0.3) is 0 Å². The summed E-state index contributed by atoms with van der Waals surface area (Å²) in [6.45, 7) is 2.83. The molecule has 4 nitrogen and oxygen atoms in total. The van der Waals surface area contributed by atoms with Gasteiger partial charge in [-0.1, -0.05) is 6.92 Å². The molecule has 0 radical (unpaired) electrons. The highest BCUT2D eigenvalue weighted by atomic mass is 32.2. The largest absolute Gasteiger partial charge is 0.359 e. The van der Waals surface area contributed by atoms with Gasteiger partial charge in [-0.05, 0) is 0 Å². The predicted molar refractivity (Wildman–Crippen MR) is 39.8 cm³/mol. The number of rotatable bonds is 1. The molecule has 1 aliphatic rings. The third-order valence-electron chi connectivity index (χ3n) is 1.32. The fourth-order valence-electron chi connectivity index (χ4n) is 0.721. The molecule has 0 bridgehead atoms. The van der Waals surface area contributed by atoms with Gasteiger partial charge in [0.1, 0.15) is 0 Å². The Balaban J connectivity index is 2.83. The van der Waals surface area contributed by atoms with Gasteiger partial charge in [0.15, 0.2) is 0 Å². The van der Waals surface area contributed by atoms with E-state index >= 15 is 0 Å². The van der Waals surface area contributed by atoms with Gasteiger partial charge in [-0.3, -0.25) is 4.99 Å². The summed E-state index contributed by atoms with van der Waals surface area (Å²) in [6.07, 6.45) is 0. The maximum absolute atomic E-state index is 11.0. The van der Waals surface area contributed by atoms with Crippen molar-refractivity contribution in [1.82, 2.24) is 5.32 Å². The molecule has 0 aliphatic carbocycles. The Hall–Kier alpha value is -0.580. The Labute approximate surface area is 60.3 Å². The molecule has 1 aliphatic heterocycles. The molecule has 0 unspecified atom stereocenters. The van der Waals surface area contributed by atoms with Gasteiger partial charge in [0, 0.05) is 6.54 Å². The maximum Gasteiger partial charge on any atom is 0.216 e. The fraction of sp³-hybridized carbons (Fsp3) is 0.800. The van der Waals surface area contributed by atoms with E-state index in [4.69, 9.17) is 0 Å². The first-order valence-corrected chi connectivity index (χ1v) is 4.83. The second-order valence-corrected chi connectivity index (χ2v) is 4.21. The van der Waals surface area contributed by atoms with Crippen LogP contribution in [0.3, 0.4) is 0 Å². The summed E-state index contributed by atoms with van der Waals surface area (Å²) in [4.78, 5) is 3.80. The molecule has 1 rings (SSSR count). The molecule has 0 saturated carbocycles. The van der Waals surface area contributed by atoms with Gasteiger partial charge in [-0.15, -0.1) is 0 Å². The zero-order chi connectivity index (χ0) is 7.61. The number of amidine groups is 1. The highest BCUT2D eigenvalue weighted by Gasteiger charge is 2.19. The van der Waals surface area contributed by atoms with Gasteiger partial charge < -0.3 is 5.32 Å². The van der Waals surface area contributed by atoms with Gasteiger partial charge in [0.25, 0.3) is 0 Å². The molecule has 0 spiro atoms. The van der Waals surface area contributed by atoms with Crippen LogP contribution < -0.4 is 5.32 Å². The number of hydrogen-bond donors (Lipinski definition) is 1. The fourth-order valence-corrected chi connectivity index (χ4v) is 1.60. The van der Waals surface area contributed by atoms with E-state index in [1.54, 1.807) is 6.92 Å². The molecule has 1 N–H and O–H groups in total. The first-order valence-electron chi connectivity index (χ1n) is 3.18. The normalized spacial score (nSPS) is 18.3. The van der Waals surface area contributed by atoms with Gasteiger partial charge >= 0.3 is 0 Å². The minimum Gasteiger partial charge on any atom is -0.359 e. The van der Waals surface area contributed by atoms with E-state index in [9.17, 15) is 8.42 Å². The Bertz CT molecular complexity index is 242. The van der Waals surface area contributed by atoms with Crippen molar-refractivity contribution in [3.05, 3.63) is 0 Å². The second-order valence-electron chi connectivity index (χ2n) is 2.02. The van der Waals surface area contributed by atoms with E-state index in [0.29, 0.717) is 13.1 Å². The number of hydrogen-bond acceptors (Lipinski definition) is 4. The van der Waals surface area contributed by atoms with Crippen LogP contribution in [0.4, 0.5) is 0 Å².